The molecule has 5 fully saturated rings. The number of allylic oxidation sites excluding steroid dienone is 3. The number of hydrogen-bond acceptors (Lipinski definition) is 3. The van der Waals surface area contributed by atoms with Crippen LogP contribution in [0.2, 0.25) is 0 Å². The van der Waals surface area contributed by atoms with Gasteiger partial charge >= 0.3 is 5.97 Å². The van der Waals surface area contributed by atoms with Gasteiger partial charge in [-0.2, -0.15) is 0 Å². The molecule has 0 amide bonds. The second-order valence-electron chi connectivity index (χ2n) is 18.6. The second-order valence-corrected chi connectivity index (χ2v) is 18.6. The zero-order chi connectivity index (χ0) is 33.4. The molecule has 5 aliphatic carbocycles. The number of carboxylic acid groups (broad SMARTS) is 1. The van der Waals surface area contributed by atoms with E-state index in [0.717, 1.165) is 24.8 Å². The number of benzene rings is 1. The quantitative estimate of drug-likeness (QED) is 0.291. The topological polar surface area (TPSA) is 52.6 Å². The van der Waals surface area contributed by atoms with Gasteiger partial charge in [0.15, 0.2) is 0 Å². The summed E-state index contributed by atoms with van der Waals surface area (Å²) in [6.45, 7) is 25.1. The average Bonchev–Trinajstić information content (AvgIpc) is 3.42. The maximum Gasteiger partial charge on any atom is 0.335 e. The molecule has 4 heteroatoms. The molecule has 1 aromatic rings. The first-order valence-electron chi connectivity index (χ1n) is 19.4. The van der Waals surface area contributed by atoms with E-state index in [9.17, 15) is 9.90 Å². The molecule has 1 saturated heterocycles. The molecule has 47 heavy (non-hydrogen) atoms. The van der Waals surface area contributed by atoms with E-state index in [1.807, 2.05) is 12.1 Å². The summed E-state index contributed by atoms with van der Waals surface area (Å²) in [5, 5.41) is 13.8. The maximum atomic E-state index is 11.5. The standard InChI is InChI=1S/C43H64N2O2/c1-29(2)32-17-22-43(44-25-28-45-26-9-8-10-27-45)24-23-41(6)34(37(32)43)15-16-36-40(5)20-18-33(30-11-13-31(14-12-30)38(46)47)39(3,4)35(40)19-21-42(36,41)7/h11-14,18,32,34-37,44H,1,8-10,15-17,19-28H2,2-7H3,(H,46,47)/t32-,34+,35-,36+,37+,40-,41+,42+,43-/m0/s1. The minimum atomic E-state index is -0.850. The van der Waals surface area contributed by atoms with Crippen LogP contribution in [0, 0.1) is 51.2 Å². The highest BCUT2D eigenvalue weighted by molar-refractivity contribution is 5.88. The Morgan fingerprint density at radius 3 is 2.30 bits per heavy atom. The van der Waals surface area contributed by atoms with Gasteiger partial charge in [0.1, 0.15) is 0 Å². The van der Waals surface area contributed by atoms with Gasteiger partial charge in [0.25, 0.3) is 0 Å². The molecule has 4 saturated carbocycles. The van der Waals surface area contributed by atoms with Crippen molar-refractivity contribution in [2.24, 2.45) is 51.2 Å². The van der Waals surface area contributed by atoms with Crippen molar-refractivity contribution in [2.45, 2.75) is 124 Å². The molecule has 0 unspecified atom stereocenters. The summed E-state index contributed by atoms with van der Waals surface area (Å²) >= 11 is 0. The Labute approximate surface area is 286 Å². The zero-order valence-electron chi connectivity index (χ0n) is 30.6. The van der Waals surface area contributed by atoms with E-state index >= 15 is 0 Å². The van der Waals surface area contributed by atoms with Gasteiger partial charge in [-0.3, -0.25) is 0 Å². The van der Waals surface area contributed by atoms with Gasteiger partial charge in [0.05, 0.1) is 5.56 Å². The Hall–Kier alpha value is -1.91. The van der Waals surface area contributed by atoms with Crippen LogP contribution < -0.4 is 5.32 Å². The molecule has 7 rings (SSSR count). The molecule has 0 spiro atoms. The van der Waals surface area contributed by atoms with Crippen LogP contribution in [0.25, 0.3) is 5.57 Å². The van der Waals surface area contributed by atoms with Crippen molar-refractivity contribution in [1.29, 1.82) is 0 Å². The Morgan fingerprint density at radius 2 is 1.62 bits per heavy atom. The molecule has 1 heterocycles. The Morgan fingerprint density at radius 1 is 0.894 bits per heavy atom. The lowest BCUT2D eigenvalue weighted by atomic mass is 9.33. The fourth-order valence-corrected chi connectivity index (χ4v) is 14.0. The van der Waals surface area contributed by atoms with Crippen molar-refractivity contribution in [3.63, 3.8) is 0 Å². The van der Waals surface area contributed by atoms with Gasteiger partial charge in [0.2, 0.25) is 0 Å². The fraction of sp³-hybridized carbons (Fsp3) is 0.744. The van der Waals surface area contributed by atoms with E-state index in [1.165, 1.54) is 107 Å². The third kappa shape index (κ3) is 5.07. The molecule has 0 aromatic heterocycles. The third-order valence-corrected chi connectivity index (χ3v) is 16.4. The minimum absolute atomic E-state index is 0.0489. The Balaban J connectivity index is 1.17. The number of carboxylic acids is 1. The Kier molecular flexibility index (Phi) is 8.47. The summed E-state index contributed by atoms with van der Waals surface area (Å²) in [7, 11) is 0. The number of fused-ring (bicyclic) bond motifs is 7. The van der Waals surface area contributed by atoms with Gasteiger partial charge < -0.3 is 15.3 Å². The maximum absolute atomic E-state index is 11.5. The molecule has 1 aliphatic heterocycles. The first kappa shape index (κ1) is 33.6. The summed E-state index contributed by atoms with van der Waals surface area (Å²) in [5.41, 5.74) is 5.74. The molecule has 2 N–H and O–H groups in total. The van der Waals surface area contributed by atoms with Gasteiger partial charge in [-0.25, -0.2) is 4.79 Å². The van der Waals surface area contributed by atoms with E-state index in [2.05, 4.69) is 64.4 Å². The number of nitrogens with zero attached hydrogens (tertiary/aromatic N) is 1. The predicted octanol–water partition coefficient (Wildman–Crippen LogP) is 9.86. The summed E-state index contributed by atoms with van der Waals surface area (Å²) in [6.07, 6.45) is 18.6. The molecule has 0 bridgehead atoms. The smallest absolute Gasteiger partial charge is 0.335 e. The summed E-state index contributed by atoms with van der Waals surface area (Å²) in [4.78, 5) is 14.3. The zero-order valence-corrected chi connectivity index (χ0v) is 30.6. The number of rotatable bonds is 7. The highest BCUT2D eigenvalue weighted by Gasteiger charge is 2.70. The molecular weight excluding hydrogens is 576 g/mol. The predicted molar refractivity (Wildman–Crippen MR) is 194 cm³/mol. The largest absolute Gasteiger partial charge is 0.478 e. The van der Waals surface area contributed by atoms with Crippen LogP contribution >= 0.6 is 0 Å². The molecule has 1 aromatic carbocycles. The highest BCUT2D eigenvalue weighted by Crippen LogP contribution is 2.76. The number of hydrogen-bond donors (Lipinski definition) is 2. The van der Waals surface area contributed by atoms with Crippen molar-refractivity contribution in [3.05, 3.63) is 53.6 Å². The molecular formula is C43H64N2O2. The second kappa shape index (κ2) is 11.9. The SMILES string of the molecule is C=C(C)[C@@H]1CC[C@]2(NCCN3CCCCC3)CC[C@]3(C)[C@H](CC[C@@H]4[C@@]5(C)CC=C(c6ccc(C(=O)O)cc6)C(C)(C)[C@@H]5CC[C@]43C)[C@@H]12. The van der Waals surface area contributed by atoms with Crippen molar-refractivity contribution >= 4 is 11.5 Å². The molecule has 6 aliphatic rings. The number of piperidine rings is 1. The van der Waals surface area contributed by atoms with Crippen LogP contribution in [-0.2, 0) is 0 Å². The number of aromatic carboxylic acids is 1. The normalized spacial score (nSPS) is 42.8. The minimum Gasteiger partial charge on any atom is -0.478 e. The lowest BCUT2D eigenvalue weighted by Crippen LogP contribution is -2.68. The number of nitrogens with one attached hydrogen (secondary N) is 1. The fourth-order valence-electron chi connectivity index (χ4n) is 14.0. The van der Waals surface area contributed by atoms with E-state index in [1.54, 1.807) is 12.1 Å². The van der Waals surface area contributed by atoms with Crippen LogP contribution in [0.3, 0.4) is 0 Å². The van der Waals surface area contributed by atoms with Crippen molar-refractivity contribution in [3.8, 4) is 0 Å². The van der Waals surface area contributed by atoms with E-state index in [0.29, 0.717) is 34.1 Å². The lowest BCUT2D eigenvalue weighted by Gasteiger charge is -2.72. The van der Waals surface area contributed by atoms with Gasteiger partial charge in [0, 0.05) is 18.6 Å². The monoisotopic (exact) mass is 640 g/mol. The molecule has 258 valence electrons. The third-order valence-electron chi connectivity index (χ3n) is 16.4. The molecule has 4 nitrogen and oxygen atoms in total. The van der Waals surface area contributed by atoms with E-state index in [4.69, 9.17) is 0 Å². The van der Waals surface area contributed by atoms with Gasteiger partial charge in [-0.15, -0.1) is 0 Å². The van der Waals surface area contributed by atoms with Crippen molar-refractivity contribution in [2.75, 3.05) is 26.2 Å². The first-order valence-corrected chi connectivity index (χ1v) is 19.4. The summed E-state index contributed by atoms with van der Waals surface area (Å²) in [6, 6.07) is 7.67. The van der Waals surface area contributed by atoms with Crippen molar-refractivity contribution in [1.82, 2.24) is 10.2 Å². The summed E-state index contributed by atoms with van der Waals surface area (Å²) in [5.74, 6) is 2.64. The van der Waals surface area contributed by atoms with Crippen LogP contribution in [-0.4, -0.2) is 47.7 Å². The molecule has 9 atom stereocenters. The Bertz CT molecular complexity index is 1400. The first-order chi connectivity index (χ1) is 22.3. The van der Waals surface area contributed by atoms with Crippen LogP contribution in [0.4, 0.5) is 0 Å². The number of likely N-dealkylation sites (tertiary alicyclic amines) is 1. The van der Waals surface area contributed by atoms with Gasteiger partial charge in [-0.05, 0) is 165 Å². The number of carbonyl (C=O) groups is 1. The average molecular weight is 641 g/mol. The van der Waals surface area contributed by atoms with E-state index < -0.39 is 5.97 Å². The summed E-state index contributed by atoms with van der Waals surface area (Å²) < 4.78 is 0. The van der Waals surface area contributed by atoms with Gasteiger partial charge in [-0.1, -0.05) is 71.4 Å². The van der Waals surface area contributed by atoms with Crippen LogP contribution in [0.5, 0.6) is 0 Å². The van der Waals surface area contributed by atoms with Crippen molar-refractivity contribution < 1.29 is 9.90 Å². The van der Waals surface area contributed by atoms with E-state index in [-0.39, 0.29) is 16.4 Å². The van der Waals surface area contributed by atoms with Crippen LogP contribution in [0.15, 0.2) is 42.5 Å². The van der Waals surface area contributed by atoms with Crippen LogP contribution in [0.1, 0.15) is 135 Å². The lowest BCUT2D eigenvalue weighted by molar-refractivity contribution is -0.219. The molecule has 0 radical (unpaired) electrons. The highest BCUT2D eigenvalue weighted by atomic mass is 16.4.